The molecular formula is C26H32N4O3. The lowest BCUT2D eigenvalue weighted by Gasteiger charge is -2.46. The van der Waals surface area contributed by atoms with Crippen molar-refractivity contribution in [2.75, 3.05) is 34.9 Å². The Morgan fingerprint density at radius 2 is 2.18 bits per heavy atom. The zero-order valence-corrected chi connectivity index (χ0v) is 19.2. The van der Waals surface area contributed by atoms with Gasteiger partial charge in [0.05, 0.1) is 42.8 Å². The van der Waals surface area contributed by atoms with Gasteiger partial charge in [0.2, 0.25) is 5.91 Å². The minimum atomic E-state index is -0.00400. The lowest BCUT2D eigenvalue weighted by molar-refractivity contribution is -0.122. The van der Waals surface area contributed by atoms with Crippen molar-refractivity contribution in [2.24, 2.45) is 5.92 Å². The van der Waals surface area contributed by atoms with Crippen LogP contribution in [0.2, 0.25) is 0 Å². The van der Waals surface area contributed by atoms with Crippen LogP contribution in [0, 0.1) is 5.92 Å². The third kappa shape index (κ3) is 3.87. The van der Waals surface area contributed by atoms with Crippen LogP contribution in [0.25, 0.3) is 0 Å². The number of ether oxygens (including phenoxy) is 2. The van der Waals surface area contributed by atoms with Gasteiger partial charge in [-0.2, -0.15) is 0 Å². The van der Waals surface area contributed by atoms with Gasteiger partial charge in [-0.3, -0.25) is 4.79 Å². The summed E-state index contributed by atoms with van der Waals surface area (Å²) < 4.78 is 11.8. The van der Waals surface area contributed by atoms with E-state index in [0.717, 1.165) is 61.6 Å². The molecule has 7 heteroatoms. The van der Waals surface area contributed by atoms with Crippen molar-refractivity contribution in [1.82, 2.24) is 4.98 Å². The number of rotatable bonds is 4. The van der Waals surface area contributed by atoms with Gasteiger partial charge in [-0.05, 0) is 63.3 Å². The monoisotopic (exact) mass is 448 g/mol. The number of nitrogens with one attached hydrogen (secondary N) is 1. The zero-order chi connectivity index (χ0) is 22.4. The molecule has 4 fully saturated rings. The van der Waals surface area contributed by atoms with E-state index < -0.39 is 0 Å². The molecule has 1 amide bonds. The maximum absolute atomic E-state index is 13.9. The molecule has 0 radical (unpaired) electrons. The highest BCUT2D eigenvalue weighted by Crippen LogP contribution is 2.41. The quantitative estimate of drug-likeness (QED) is 0.755. The summed E-state index contributed by atoms with van der Waals surface area (Å²) in [5.74, 6) is 1.01. The molecule has 7 rings (SSSR count). The Kier molecular flexibility index (Phi) is 5.46. The number of morpholine rings is 1. The first kappa shape index (κ1) is 20.9. The number of nitrogens with zero attached hydrogens (tertiary/aromatic N) is 3. The van der Waals surface area contributed by atoms with E-state index >= 15 is 0 Å². The SMILES string of the molecule is CCO[C@@H]1CC[C@H](C(=O)N2Cc3cccnc3Nc3ccc(N4C[C@H]5CC[C@@H]4CO5)cc32)C1. The second-order valence-corrected chi connectivity index (χ2v) is 9.69. The lowest BCUT2D eigenvalue weighted by Crippen LogP contribution is -2.54. The molecule has 5 aliphatic rings. The first-order valence-corrected chi connectivity index (χ1v) is 12.4. The maximum atomic E-state index is 13.9. The van der Waals surface area contributed by atoms with Crippen molar-refractivity contribution >= 4 is 28.8 Å². The maximum Gasteiger partial charge on any atom is 0.230 e. The topological polar surface area (TPSA) is 66.9 Å². The minimum Gasteiger partial charge on any atom is -0.378 e. The van der Waals surface area contributed by atoms with Gasteiger partial charge < -0.3 is 24.6 Å². The number of benzene rings is 1. The second kappa shape index (κ2) is 8.61. The Labute approximate surface area is 195 Å². The number of aromatic nitrogens is 1. The Balaban J connectivity index is 1.35. The normalized spacial score (nSPS) is 28.2. The van der Waals surface area contributed by atoms with Crippen LogP contribution in [0.15, 0.2) is 36.5 Å². The van der Waals surface area contributed by atoms with Crippen LogP contribution in [-0.2, 0) is 20.8 Å². The van der Waals surface area contributed by atoms with Crippen molar-refractivity contribution < 1.29 is 14.3 Å². The average Bonchev–Trinajstić information content (AvgIpc) is 3.26. The molecule has 2 aromatic rings. The molecule has 174 valence electrons. The summed E-state index contributed by atoms with van der Waals surface area (Å²) >= 11 is 0. The molecule has 1 aliphatic carbocycles. The van der Waals surface area contributed by atoms with Crippen LogP contribution in [0.1, 0.15) is 44.6 Å². The van der Waals surface area contributed by atoms with Crippen LogP contribution in [0.4, 0.5) is 22.9 Å². The van der Waals surface area contributed by atoms with Crippen molar-refractivity contribution in [3.63, 3.8) is 0 Å². The summed E-state index contributed by atoms with van der Waals surface area (Å²) in [7, 11) is 0. The van der Waals surface area contributed by atoms with E-state index in [1.54, 1.807) is 6.20 Å². The summed E-state index contributed by atoms with van der Waals surface area (Å²) in [4.78, 5) is 22.9. The number of hydrogen-bond acceptors (Lipinski definition) is 6. The Hall–Kier alpha value is -2.64. The summed E-state index contributed by atoms with van der Waals surface area (Å²) in [6, 6.07) is 10.9. The molecule has 7 nitrogen and oxygen atoms in total. The lowest BCUT2D eigenvalue weighted by atomic mass is 9.96. The van der Waals surface area contributed by atoms with Crippen LogP contribution in [0.5, 0.6) is 0 Å². The van der Waals surface area contributed by atoms with Gasteiger partial charge in [0.15, 0.2) is 0 Å². The Morgan fingerprint density at radius 3 is 2.97 bits per heavy atom. The van der Waals surface area contributed by atoms with Crippen molar-refractivity contribution in [1.29, 1.82) is 0 Å². The third-order valence-electron chi connectivity index (χ3n) is 7.67. The fraction of sp³-hybridized carbons (Fsp3) is 0.538. The Morgan fingerprint density at radius 1 is 1.24 bits per heavy atom. The summed E-state index contributed by atoms with van der Waals surface area (Å²) in [6.07, 6.45) is 7.25. The van der Waals surface area contributed by atoms with E-state index in [4.69, 9.17) is 9.47 Å². The zero-order valence-electron chi connectivity index (χ0n) is 19.2. The highest BCUT2D eigenvalue weighted by atomic mass is 16.5. The number of hydrogen-bond donors (Lipinski definition) is 1. The predicted molar refractivity (Wildman–Crippen MR) is 128 cm³/mol. The largest absolute Gasteiger partial charge is 0.378 e. The fourth-order valence-corrected chi connectivity index (χ4v) is 5.92. The Bertz CT molecular complexity index is 1040. The van der Waals surface area contributed by atoms with E-state index in [-0.39, 0.29) is 17.9 Å². The average molecular weight is 449 g/mol. The number of piperidine rings is 1. The molecule has 4 aliphatic heterocycles. The molecule has 0 spiro atoms. The standard InChI is InChI=1S/C26H32N4O3/c1-2-32-21-8-5-17(12-21)26(31)30-14-18-4-3-11-27-25(18)28-23-10-7-19(13-24(23)30)29-15-22-9-6-20(29)16-33-22/h3-4,7,10-11,13,17,20-22H,2,5-6,8-9,12,14-16H2,1H3,(H,27,28)/t17-,20+,21+,22+/m0/s1. The molecule has 1 aromatic carbocycles. The van der Waals surface area contributed by atoms with E-state index in [9.17, 15) is 4.79 Å². The number of carbonyl (C=O) groups excluding carboxylic acids is 1. The van der Waals surface area contributed by atoms with Crippen LogP contribution >= 0.6 is 0 Å². The van der Waals surface area contributed by atoms with Gasteiger partial charge >= 0.3 is 0 Å². The van der Waals surface area contributed by atoms with Gasteiger partial charge in [-0.25, -0.2) is 4.98 Å². The molecule has 0 unspecified atom stereocenters. The smallest absolute Gasteiger partial charge is 0.230 e. The predicted octanol–water partition coefficient (Wildman–Crippen LogP) is 4.24. The fourth-order valence-electron chi connectivity index (χ4n) is 5.92. The molecule has 2 bridgehead atoms. The molecule has 1 saturated carbocycles. The van der Waals surface area contributed by atoms with E-state index in [1.165, 1.54) is 12.1 Å². The van der Waals surface area contributed by atoms with Gasteiger partial charge in [-0.15, -0.1) is 0 Å². The molecule has 1 N–H and O–H groups in total. The summed E-state index contributed by atoms with van der Waals surface area (Å²) in [5, 5.41) is 3.50. The molecule has 3 saturated heterocycles. The van der Waals surface area contributed by atoms with Gasteiger partial charge in [0, 0.05) is 36.5 Å². The van der Waals surface area contributed by atoms with Crippen molar-refractivity contribution in [2.45, 2.75) is 63.8 Å². The van der Waals surface area contributed by atoms with Gasteiger partial charge in [-0.1, -0.05) is 6.07 Å². The highest BCUT2D eigenvalue weighted by molar-refractivity contribution is 6.00. The minimum absolute atomic E-state index is 0.00400. The van der Waals surface area contributed by atoms with Crippen LogP contribution in [-0.4, -0.2) is 48.9 Å². The summed E-state index contributed by atoms with van der Waals surface area (Å²) in [5.41, 5.74) is 4.08. The van der Waals surface area contributed by atoms with Gasteiger partial charge in [0.1, 0.15) is 5.82 Å². The molecule has 4 atom stereocenters. The van der Waals surface area contributed by atoms with E-state index in [1.807, 2.05) is 17.9 Å². The number of carbonyl (C=O) groups is 1. The third-order valence-corrected chi connectivity index (χ3v) is 7.67. The van der Waals surface area contributed by atoms with E-state index in [2.05, 4.69) is 39.5 Å². The first-order valence-electron chi connectivity index (χ1n) is 12.4. The molecule has 1 aromatic heterocycles. The van der Waals surface area contributed by atoms with E-state index in [0.29, 0.717) is 25.3 Å². The van der Waals surface area contributed by atoms with Crippen molar-refractivity contribution in [3.8, 4) is 0 Å². The van der Waals surface area contributed by atoms with Crippen molar-refractivity contribution in [3.05, 3.63) is 42.1 Å². The summed E-state index contributed by atoms with van der Waals surface area (Å²) in [6.45, 7) is 4.96. The van der Waals surface area contributed by atoms with Crippen LogP contribution < -0.4 is 15.1 Å². The number of amides is 1. The highest BCUT2D eigenvalue weighted by Gasteiger charge is 2.37. The molecular weight excluding hydrogens is 416 g/mol. The number of fused-ring (bicyclic) bond motifs is 5. The van der Waals surface area contributed by atoms with Crippen LogP contribution in [0.3, 0.4) is 0 Å². The number of pyridine rings is 1. The molecule has 5 heterocycles. The van der Waals surface area contributed by atoms with Gasteiger partial charge in [0.25, 0.3) is 0 Å². The first-order chi connectivity index (χ1) is 16.2. The number of anilines is 4. The molecule has 33 heavy (non-hydrogen) atoms. The second-order valence-electron chi connectivity index (χ2n) is 9.69.